The van der Waals surface area contributed by atoms with E-state index in [2.05, 4.69) is 26.0 Å². The lowest BCUT2D eigenvalue weighted by atomic mass is 9.94. The smallest absolute Gasteiger partial charge is 0.150 e. The van der Waals surface area contributed by atoms with E-state index >= 15 is 0 Å². The van der Waals surface area contributed by atoms with Crippen molar-refractivity contribution in [2.24, 2.45) is 0 Å². The van der Waals surface area contributed by atoms with Crippen LogP contribution in [0.4, 0.5) is 0 Å². The SMILES string of the molecule is COc1c(-c2ccc(C=O)cc2C)ccc(C)c1C. The predicted octanol–water partition coefficient (Wildman–Crippen LogP) is 4.10. The number of carbonyl (C=O) groups is 1. The molecule has 0 aliphatic heterocycles. The van der Waals surface area contributed by atoms with Gasteiger partial charge in [-0.1, -0.05) is 24.3 Å². The van der Waals surface area contributed by atoms with Crippen LogP contribution in [0.1, 0.15) is 27.0 Å². The van der Waals surface area contributed by atoms with Crippen molar-refractivity contribution < 1.29 is 9.53 Å². The molecule has 0 atom stereocenters. The van der Waals surface area contributed by atoms with Crippen molar-refractivity contribution in [1.82, 2.24) is 0 Å². The minimum Gasteiger partial charge on any atom is -0.496 e. The van der Waals surface area contributed by atoms with E-state index < -0.39 is 0 Å². The van der Waals surface area contributed by atoms with Gasteiger partial charge in [0.05, 0.1) is 7.11 Å². The van der Waals surface area contributed by atoms with E-state index in [1.165, 1.54) is 5.56 Å². The van der Waals surface area contributed by atoms with Gasteiger partial charge in [0.2, 0.25) is 0 Å². The molecular formula is C17H18O2. The lowest BCUT2D eigenvalue weighted by molar-refractivity contribution is 0.112. The van der Waals surface area contributed by atoms with Gasteiger partial charge in [-0.25, -0.2) is 0 Å². The molecule has 19 heavy (non-hydrogen) atoms. The van der Waals surface area contributed by atoms with E-state index in [9.17, 15) is 4.79 Å². The Morgan fingerprint density at radius 1 is 0.947 bits per heavy atom. The Kier molecular flexibility index (Phi) is 3.70. The van der Waals surface area contributed by atoms with Gasteiger partial charge in [0, 0.05) is 11.1 Å². The Morgan fingerprint density at radius 2 is 1.63 bits per heavy atom. The third-order valence-corrected chi connectivity index (χ3v) is 3.56. The van der Waals surface area contributed by atoms with Crippen LogP contribution in [0.15, 0.2) is 30.3 Å². The quantitative estimate of drug-likeness (QED) is 0.771. The molecule has 0 saturated heterocycles. The molecule has 0 radical (unpaired) electrons. The van der Waals surface area contributed by atoms with E-state index in [1.54, 1.807) is 7.11 Å². The fourth-order valence-corrected chi connectivity index (χ4v) is 2.33. The van der Waals surface area contributed by atoms with Crippen LogP contribution in [0, 0.1) is 20.8 Å². The Balaban J connectivity index is 2.65. The zero-order valence-electron chi connectivity index (χ0n) is 11.8. The molecule has 0 aromatic heterocycles. The average molecular weight is 254 g/mol. The van der Waals surface area contributed by atoms with Gasteiger partial charge < -0.3 is 4.74 Å². The van der Waals surface area contributed by atoms with Gasteiger partial charge in [-0.05, 0) is 49.1 Å². The fourth-order valence-electron chi connectivity index (χ4n) is 2.33. The van der Waals surface area contributed by atoms with Crippen molar-refractivity contribution in [3.05, 3.63) is 52.6 Å². The first-order valence-corrected chi connectivity index (χ1v) is 6.29. The first kappa shape index (κ1) is 13.3. The normalized spacial score (nSPS) is 10.3. The molecule has 0 saturated carbocycles. The summed E-state index contributed by atoms with van der Waals surface area (Å²) in [6, 6.07) is 9.89. The molecule has 2 nitrogen and oxygen atoms in total. The summed E-state index contributed by atoms with van der Waals surface area (Å²) in [5.41, 5.74) is 6.31. The highest BCUT2D eigenvalue weighted by atomic mass is 16.5. The molecule has 2 heteroatoms. The summed E-state index contributed by atoms with van der Waals surface area (Å²) in [6.07, 6.45) is 0.869. The summed E-state index contributed by atoms with van der Waals surface area (Å²) in [5, 5.41) is 0. The molecule has 2 aromatic carbocycles. The van der Waals surface area contributed by atoms with Gasteiger partial charge >= 0.3 is 0 Å². The zero-order chi connectivity index (χ0) is 14.0. The van der Waals surface area contributed by atoms with Crippen LogP contribution in [0.3, 0.4) is 0 Å². The predicted molar refractivity (Wildman–Crippen MR) is 78.0 cm³/mol. The number of methoxy groups -OCH3 is 1. The number of rotatable bonds is 3. The summed E-state index contributed by atoms with van der Waals surface area (Å²) in [6.45, 7) is 6.15. The van der Waals surface area contributed by atoms with Crippen molar-refractivity contribution in [1.29, 1.82) is 0 Å². The van der Waals surface area contributed by atoms with E-state index in [0.29, 0.717) is 5.56 Å². The molecule has 0 spiro atoms. The van der Waals surface area contributed by atoms with Crippen LogP contribution in [0.25, 0.3) is 11.1 Å². The topological polar surface area (TPSA) is 26.3 Å². The maximum absolute atomic E-state index is 10.8. The summed E-state index contributed by atoms with van der Waals surface area (Å²) >= 11 is 0. The Labute approximate surface area is 114 Å². The third kappa shape index (κ3) is 2.39. The number of benzene rings is 2. The largest absolute Gasteiger partial charge is 0.496 e. The summed E-state index contributed by atoms with van der Waals surface area (Å²) in [7, 11) is 1.69. The molecule has 0 aliphatic rings. The number of hydrogen-bond acceptors (Lipinski definition) is 2. The number of hydrogen-bond donors (Lipinski definition) is 0. The van der Waals surface area contributed by atoms with Crippen molar-refractivity contribution in [3.63, 3.8) is 0 Å². The first-order chi connectivity index (χ1) is 9.08. The van der Waals surface area contributed by atoms with Gasteiger partial charge in [-0.3, -0.25) is 4.79 Å². The molecule has 0 bridgehead atoms. The second kappa shape index (κ2) is 5.27. The van der Waals surface area contributed by atoms with Gasteiger partial charge in [0.1, 0.15) is 12.0 Å². The van der Waals surface area contributed by atoms with Crippen LogP contribution in [-0.4, -0.2) is 13.4 Å². The van der Waals surface area contributed by atoms with E-state index in [1.807, 2.05) is 25.1 Å². The molecule has 0 N–H and O–H groups in total. The molecule has 98 valence electrons. The molecular weight excluding hydrogens is 236 g/mol. The molecule has 0 aliphatic carbocycles. The van der Waals surface area contributed by atoms with Crippen molar-refractivity contribution in [2.45, 2.75) is 20.8 Å². The Hall–Kier alpha value is -2.09. The standard InChI is InChI=1S/C17H18O2/c1-11-5-7-16(17(19-4)13(11)3)15-8-6-14(10-18)9-12(15)2/h5-10H,1-4H3. The highest BCUT2D eigenvalue weighted by Crippen LogP contribution is 2.36. The molecule has 2 aromatic rings. The van der Waals surface area contributed by atoms with Crippen LogP contribution in [-0.2, 0) is 0 Å². The molecule has 0 unspecified atom stereocenters. The van der Waals surface area contributed by atoms with E-state index in [4.69, 9.17) is 4.74 Å². The maximum atomic E-state index is 10.8. The number of carbonyl (C=O) groups excluding carboxylic acids is 1. The number of ether oxygens (including phenoxy) is 1. The Morgan fingerprint density at radius 3 is 2.21 bits per heavy atom. The zero-order valence-corrected chi connectivity index (χ0v) is 11.8. The second-order valence-corrected chi connectivity index (χ2v) is 4.78. The minimum atomic E-state index is 0.698. The molecule has 0 heterocycles. The average Bonchev–Trinajstić information content (AvgIpc) is 2.42. The van der Waals surface area contributed by atoms with Gasteiger partial charge in [-0.15, -0.1) is 0 Å². The Bertz CT molecular complexity index is 627. The number of aldehydes is 1. The van der Waals surface area contributed by atoms with Crippen LogP contribution >= 0.6 is 0 Å². The summed E-state index contributed by atoms with van der Waals surface area (Å²) in [5.74, 6) is 0.905. The second-order valence-electron chi connectivity index (χ2n) is 4.78. The van der Waals surface area contributed by atoms with Crippen LogP contribution < -0.4 is 4.74 Å². The third-order valence-electron chi connectivity index (χ3n) is 3.56. The highest BCUT2D eigenvalue weighted by Gasteiger charge is 2.12. The van der Waals surface area contributed by atoms with E-state index in [0.717, 1.165) is 34.3 Å². The maximum Gasteiger partial charge on any atom is 0.150 e. The monoisotopic (exact) mass is 254 g/mol. The summed E-state index contributed by atoms with van der Waals surface area (Å²) < 4.78 is 5.55. The van der Waals surface area contributed by atoms with Gasteiger partial charge in [0.15, 0.2) is 0 Å². The van der Waals surface area contributed by atoms with Crippen molar-refractivity contribution in [3.8, 4) is 16.9 Å². The van der Waals surface area contributed by atoms with Gasteiger partial charge in [0.25, 0.3) is 0 Å². The van der Waals surface area contributed by atoms with Crippen molar-refractivity contribution >= 4 is 6.29 Å². The first-order valence-electron chi connectivity index (χ1n) is 6.29. The highest BCUT2D eigenvalue weighted by molar-refractivity contribution is 5.81. The lowest BCUT2D eigenvalue weighted by Gasteiger charge is -2.15. The fraction of sp³-hybridized carbons (Fsp3) is 0.235. The molecule has 0 amide bonds. The minimum absolute atomic E-state index is 0.698. The van der Waals surface area contributed by atoms with E-state index in [-0.39, 0.29) is 0 Å². The van der Waals surface area contributed by atoms with Crippen LogP contribution in [0.5, 0.6) is 5.75 Å². The summed E-state index contributed by atoms with van der Waals surface area (Å²) in [4.78, 5) is 10.8. The van der Waals surface area contributed by atoms with Crippen molar-refractivity contribution in [2.75, 3.05) is 7.11 Å². The molecule has 2 rings (SSSR count). The van der Waals surface area contributed by atoms with Crippen LogP contribution in [0.2, 0.25) is 0 Å². The molecule has 0 fully saturated rings. The van der Waals surface area contributed by atoms with Gasteiger partial charge in [-0.2, -0.15) is 0 Å². The number of aryl methyl sites for hydroxylation is 2. The lowest BCUT2D eigenvalue weighted by Crippen LogP contribution is -1.95.